The van der Waals surface area contributed by atoms with Crippen molar-refractivity contribution in [1.29, 1.82) is 0 Å². The van der Waals surface area contributed by atoms with E-state index in [1.54, 1.807) is 0 Å². The van der Waals surface area contributed by atoms with Gasteiger partial charge in [0.15, 0.2) is 5.82 Å². The third-order valence-electron chi connectivity index (χ3n) is 8.58. The van der Waals surface area contributed by atoms with Crippen LogP contribution >= 0.6 is 0 Å². The van der Waals surface area contributed by atoms with E-state index < -0.39 is 0 Å². The molecule has 154 valence electrons. The van der Waals surface area contributed by atoms with Crippen LogP contribution < -0.4 is 0 Å². The number of aryl methyl sites for hydroxylation is 1. The lowest BCUT2D eigenvalue weighted by molar-refractivity contribution is -0.0103. The number of nitrogens with zero attached hydrogens (tertiary/aromatic N) is 6. The summed E-state index contributed by atoms with van der Waals surface area (Å²) < 4.78 is 8.24. The first-order chi connectivity index (χ1) is 14.1. The molecule has 3 heterocycles. The molecular formula is C22H30N6O. The Morgan fingerprint density at radius 3 is 2.45 bits per heavy atom. The smallest absolute Gasteiger partial charge is 0.245 e. The van der Waals surface area contributed by atoms with Crippen LogP contribution in [0.1, 0.15) is 80.8 Å². The molecule has 0 radical (unpaired) electrons. The molecular weight excluding hydrogens is 364 g/mol. The summed E-state index contributed by atoms with van der Waals surface area (Å²) in [5, 5.41) is 13.3. The van der Waals surface area contributed by atoms with Crippen molar-refractivity contribution in [3.05, 3.63) is 23.4 Å². The van der Waals surface area contributed by atoms with Crippen LogP contribution in [0.4, 0.5) is 0 Å². The molecule has 0 N–H and O–H groups in total. The highest BCUT2D eigenvalue weighted by Gasteiger charge is 2.54. The van der Waals surface area contributed by atoms with Crippen LogP contribution in [0.3, 0.4) is 0 Å². The molecule has 1 unspecified atom stereocenters. The van der Waals surface area contributed by atoms with Gasteiger partial charge in [-0.25, -0.2) is 0 Å². The van der Waals surface area contributed by atoms with Gasteiger partial charge in [0.05, 0.1) is 13.1 Å². The lowest BCUT2D eigenvalue weighted by atomic mass is 9.49. The summed E-state index contributed by atoms with van der Waals surface area (Å²) in [6.45, 7) is 4.80. The van der Waals surface area contributed by atoms with Crippen LogP contribution in [-0.2, 0) is 18.5 Å². The largest absolute Gasteiger partial charge is 0.338 e. The van der Waals surface area contributed by atoms with Gasteiger partial charge in [-0.15, -0.1) is 10.2 Å². The van der Waals surface area contributed by atoms with E-state index in [1.165, 1.54) is 51.4 Å². The lowest BCUT2D eigenvalue weighted by Crippen LogP contribution is -2.49. The Labute approximate surface area is 171 Å². The lowest BCUT2D eigenvalue weighted by Gasteiger charge is -2.55. The highest BCUT2D eigenvalue weighted by molar-refractivity contribution is 5.17. The van der Waals surface area contributed by atoms with Gasteiger partial charge in [-0.2, -0.15) is 4.98 Å². The van der Waals surface area contributed by atoms with Gasteiger partial charge in [0.2, 0.25) is 5.89 Å². The second-order valence-corrected chi connectivity index (χ2v) is 10.8. The first-order valence-corrected chi connectivity index (χ1v) is 11.6. The molecule has 2 aromatic heterocycles. The van der Waals surface area contributed by atoms with Crippen molar-refractivity contribution < 1.29 is 4.52 Å². The molecule has 0 saturated heterocycles. The number of fused-ring (bicyclic) bond motifs is 1. The molecule has 5 fully saturated rings. The number of aromatic nitrogens is 5. The van der Waals surface area contributed by atoms with Crippen LogP contribution in [0.2, 0.25) is 0 Å². The molecule has 0 spiro atoms. The minimum atomic E-state index is 0.146. The van der Waals surface area contributed by atoms with Crippen LogP contribution in [-0.4, -0.2) is 36.3 Å². The van der Waals surface area contributed by atoms with Gasteiger partial charge < -0.3 is 9.09 Å². The standard InChI is InChI=1S/C22H30N6O/c1-13-24-25-19-12-27(10-14-2-3-14)18(11-28(13)19)20-23-21(26-29-20)22-7-15-4-16(8-22)6-17(5-15)9-22/h14-18H,2-12H2,1H3. The van der Waals surface area contributed by atoms with E-state index in [2.05, 4.69) is 24.8 Å². The van der Waals surface area contributed by atoms with Gasteiger partial charge in [-0.05, 0) is 82.0 Å². The topological polar surface area (TPSA) is 72.9 Å². The van der Waals surface area contributed by atoms with Gasteiger partial charge >= 0.3 is 0 Å². The fraction of sp³-hybridized carbons (Fsp3) is 0.818. The van der Waals surface area contributed by atoms with Crippen molar-refractivity contribution in [3.63, 3.8) is 0 Å². The molecule has 7 heteroatoms. The average Bonchev–Trinajstić information content (AvgIpc) is 3.22. The molecule has 2 aromatic rings. The zero-order valence-electron chi connectivity index (χ0n) is 17.3. The quantitative estimate of drug-likeness (QED) is 0.791. The van der Waals surface area contributed by atoms with Crippen LogP contribution in [0.15, 0.2) is 4.52 Å². The van der Waals surface area contributed by atoms with Gasteiger partial charge in [0, 0.05) is 12.0 Å². The van der Waals surface area contributed by atoms with Gasteiger partial charge in [0.25, 0.3) is 0 Å². The fourth-order valence-electron chi connectivity index (χ4n) is 7.39. The normalized spacial score (nSPS) is 38.5. The first kappa shape index (κ1) is 17.0. The van der Waals surface area contributed by atoms with E-state index in [1.807, 2.05) is 6.92 Å². The number of hydrogen-bond donors (Lipinski definition) is 0. The first-order valence-electron chi connectivity index (χ1n) is 11.6. The zero-order valence-corrected chi connectivity index (χ0v) is 17.3. The molecule has 8 rings (SSSR count). The third-order valence-corrected chi connectivity index (χ3v) is 8.58. The maximum absolute atomic E-state index is 6.00. The number of hydrogen-bond acceptors (Lipinski definition) is 6. The van der Waals surface area contributed by atoms with Gasteiger partial charge in [-0.1, -0.05) is 5.16 Å². The Bertz CT molecular complexity index is 908. The molecule has 4 bridgehead atoms. The van der Waals surface area contributed by atoms with E-state index in [4.69, 9.17) is 9.51 Å². The van der Waals surface area contributed by atoms with Crippen molar-refractivity contribution in [3.8, 4) is 0 Å². The SMILES string of the molecule is Cc1nnc2n1CC(c1nc(C34CC5CC(CC(C5)C3)C4)no1)N(CC1CC1)C2. The molecule has 5 saturated carbocycles. The average molecular weight is 395 g/mol. The number of rotatable bonds is 4. The molecule has 0 amide bonds. The molecule has 5 aliphatic carbocycles. The monoisotopic (exact) mass is 394 g/mol. The minimum Gasteiger partial charge on any atom is -0.338 e. The summed E-state index contributed by atoms with van der Waals surface area (Å²) in [4.78, 5) is 7.63. The fourth-order valence-corrected chi connectivity index (χ4v) is 7.39. The van der Waals surface area contributed by atoms with Crippen molar-refractivity contribution in [2.45, 2.75) is 82.8 Å². The van der Waals surface area contributed by atoms with E-state index in [9.17, 15) is 0 Å². The maximum Gasteiger partial charge on any atom is 0.245 e. The Hall–Kier alpha value is -1.76. The minimum absolute atomic E-state index is 0.146. The van der Waals surface area contributed by atoms with Crippen molar-refractivity contribution in [1.82, 2.24) is 29.8 Å². The maximum atomic E-state index is 6.00. The van der Waals surface area contributed by atoms with Crippen LogP contribution in [0.25, 0.3) is 0 Å². The van der Waals surface area contributed by atoms with Crippen LogP contribution in [0.5, 0.6) is 0 Å². The Balaban J connectivity index is 1.22. The Kier molecular flexibility index (Phi) is 3.45. The summed E-state index contributed by atoms with van der Waals surface area (Å²) >= 11 is 0. The van der Waals surface area contributed by atoms with E-state index in [0.717, 1.165) is 66.7 Å². The molecule has 6 aliphatic rings. The van der Waals surface area contributed by atoms with E-state index >= 15 is 0 Å². The summed E-state index contributed by atoms with van der Waals surface area (Å²) in [6.07, 6.45) is 10.9. The summed E-state index contributed by atoms with van der Waals surface area (Å²) in [7, 11) is 0. The molecule has 0 aromatic carbocycles. The van der Waals surface area contributed by atoms with Crippen molar-refractivity contribution in [2.75, 3.05) is 6.54 Å². The Morgan fingerprint density at radius 2 is 1.76 bits per heavy atom. The zero-order chi connectivity index (χ0) is 19.2. The predicted octanol–water partition coefficient (Wildman–Crippen LogP) is 3.40. The van der Waals surface area contributed by atoms with Crippen molar-refractivity contribution >= 4 is 0 Å². The second kappa shape index (κ2) is 5.90. The van der Waals surface area contributed by atoms with Crippen molar-refractivity contribution in [2.24, 2.45) is 23.7 Å². The van der Waals surface area contributed by atoms with E-state index in [0.29, 0.717) is 0 Å². The van der Waals surface area contributed by atoms with Crippen LogP contribution in [0, 0.1) is 30.6 Å². The highest BCUT2D eigenvalue weighted by Crippen LogP contribution is 2.60. The molecule has 29 heavy (non-hydrogen) atoms. The summed E-state index contributed by atoms with van der Waals surface area (Å²) in [5.74, 6) is 7.39. The molecule has 7 nitrogen and oxygen atoms in total. The Morgan fingerprint density at radius 1 is 1.03 bits per heavy atom. The molecule has 1 atom stereocenters. The molecule has 1 aliphatic heterocycles. The second-order valence-electron chi connectivity index (χ2n) is 10.8. The summed E-state index contributed by atoms with van der Waals surface area (Å²) in [6, 6.07) is 0.146. The van der Waals surface area contributed by atoms with Gasteiger partial charge in [0.1, 0.15) is 17.7 Å². The highest BCUT2D eigenvalue weighted by atomic mass is 16.5. The van der Waals surface area contributed by atoms with E-state index in [-0.39, 0.29) is 11.5 Å². The summed E-state index contributed by atoms with van der Waals surface area (Å²) in [5.41, 5.74) is 0.199. The van der Waals surface area contributed by atoms with Gasteiger partial charge in [-0.3, -0.25) is 4.90 Å². The predicted molar refractivity (Wildman–Crippen MR) is 105 cm³/mol. The third kappa shape index (κ3) is 2.65.